The Morgan fingerprint density at radius 2 is 1.79 bits per heavy atom. The molecule has 4 rings (SSSR count). The summed E-state index contributed by atoms with van der Waals surface area (Å²) in [5.41, 5.74) is 3.36. The highest BCUT2D eigenvalue weighted by Gasteiger charge is 2.21. The number of aromatic nitrogens is 3. The van der Waals surface area contributed by atoms with E-state index in [2.05, 4.69) is 43.8 Å². The van der Waals surface area contributed by atoms with Crippen LogP contribution >= 0.6 is 11.6 Å². The van der Waals surface area contributed by atoms with E-state index in [0.717, 1.165) is 47.9 Å². The molecule has 1 saturated heterocycles. The Kier molecular flexibility index (Phi) is 3.94. The van der Waals surface area contributed by atoms with E-state index in [4.69, 9.17) is 11.6 Å². The van der Waals surface area contributed by atoms with Gasteiger partial charge in [-0.1, -0.05) is 17.7 Å². The minimum atomic E-state index is 0.785. The van der Waals surface area contributed by atoms with E-state index in [1.807, 2.05) is 12.1 Å². The number of benzene rings is 1. The average molecular weight is 340 g/mol. The maximum Gasteiger partial charge on any atom is 0.140 e. The summed E-state index contributed by atoms with van der Waals surface area (Å²) in [4.78, 5) is 17.7. The largest absolute Gasteiger partial charge is 0.368 e. The minimum absolute atomic E-state index is 0.785. The summed E-state index contributed by atoms with van der Waals surface area (Å²) < 4.78 is 0. The van der Waals surface area contributed by atoms with Gasteiger partial charge in [0.1, 0.15) is 12.1 Å². The van der Waals surface area contributed by atoms with Crippen molar-refractivity contribution in [3.8, 4) is 0 Å². The van der Waals surface area contributed by atoms with Gasteiger partial charge in [-0.05, 0) is 30.7 Å². The first-order valence-electron chi connectivity index (χ1n) is 8.03. The van der Waals surface area contributed by atoms with E-state index < -0.39 is 0 Å². The molecule has 2 aromatic heterocycles. The van der Waals surface area contributed by atoms with Crippen molar-refractivity contribution in [2.45, 2.75) is 6.92 Å². The van der Waals surface area contributed by atoms with Gasteiger partial charge < -0.3 is 9.80 Å². The Labute approximate surface area is 145 Å². The maximum absolute atomic E-state index is 6.17. The van der Waals surface area contributed by atoms with Crippen LogP contribution in [0.4, 0.5) is 11.5 Å². The molecular weight excluding hydrogens is 322 g/mol. The third-order valence-corrected chi connectivity index (χ3v) is 4.74. The van der Waals surface area contributed by atoms with Crippen molar-refractivity contribution in [3.05, 3.63) is 53.6 Å². The molecule has 1 fully saturated rings. The Bertz CT molecular complexity index is 869. The summed E-state index contributed by atoms with van der Waals surface area (Å²) in [5, 5.41) is 1.84. The van der Waals surface area contributed by atoms with Crippen LogP contribution in [0.1, 0.15) is 5.56 Å². The Balaban J connectivity index is 1.57. The summed E-state index contributed by atoms with van der Waals surface area (Å²) in [5.74, 6) is 0.991. The second kappa shape index (κ2) is 6.24. The molecule has 0 amide bonds. The lowest BCUT2D eigenvalue weighted by Gasteiger charge is -2.37. The number of anilines is 2. The van der Waals surface area contributed by atoms with Gasteiger partial charge in [0.05, 0.1) is 11.7 Å². The number of hydrogen-bond donors (Lipinski definition) is 0. The third kappa shape index (κ3) is 2.76. The van der Waals surface area contributed by atoms with E-state index in [0.29, 0.717) is 0 Å². The summed E-state index contributed by atoms with van der Waals surface area (Å²) in [7, 11) is 0. The Morgan fingerprint density at radius 1 is 1.00 bits per heavy atom. The molecule has 1 aliphatic rings. The summed E-state index contributed by atoms with van der Waals surface area (Å²) >= 11 is 6.17. The first-order chi connectivity index (χ1) is 11.7. The van der Waals surface area contributed by atoms with Crippen LogP contribution < -0.4 is 9.80 Å². The highest BCUT2D eigenvalue weighted by molar-refractivity contribution is 6.30. The van der Waals surface area contributed by atoms with Gasteiger partial charge in [-0.3, -0.25) is 4.98 Å². The first-order valence-corrected chi connectivity index (χ1v) is 8.41. The molecule has 3 aromatic rings. The molecule has 0 bridgehead atoms. The zero-order chi connectivity index (χ0) is 16.5. The van der Waals surface area contributed by atoms with Gasteiger partial charge in [-0.25, -0.2) is 9.97 Å². The lowest BCUT2D eigenvalue weighted by Crippen LogP contribution is -2.47. The molecule has 0 radical (unpaired) electrons. The highest BCUT2D eigenvalue weighted by atomic mass is 35.5. The predicted molar refractivity (Wildman–Crippen MR) is 97.9 cm³/mol. The molecular formula is C18H18ClN5. The van der Waals surface area contributed by atoms with Crippen molar-refractivity contribution in [3.63, 3.8) is 0 Å². The van der Waals surface area contributed by atoms with Crippen LogP contribution in [0.3, 0.4) is 0 Å². The fourth-order valence-corrected chi connectivity index (χ4v) is 3.39. The highest BCUT2D eigenvalue weighted by Crippen LogP contribution is 2.27. The summed E-state index contributed by atoms with van der Waals surface area (Å²) in [6, 6.07) is 8.06. The fourth-order valence-electron chi connectivity index (χ4n) is 3.23. The zero-order valence-electron chi connectivity index (χ0n) is 13.5. The van der Waals surface area contributed by atoms with Crippen molar-refractivity contribution < 1.29 is 0 Å². The Hall–Kier alpha value is -2.40. The quantitative estimate of drug-likeness (QED) is 0.716. The van der Waals surface area contributed by atoms with E-state index in [9.17, 15) is 0 Å². The van der Waals surface area contributed by atoms with Crippen molar-refractivity contribution in [2.24, 2.45) is 0 Å². The van der Waals surface area contributed by atoms with Crippen LogP contribution in [0.2, 0.25) is 5.02 Å². The second-order valence-electron chi connectivity index (χ2n) is 6.00. The number of fused-ring (bicyclic) bond motifs is 1. The zero-order valence-corrected chi connectivity index (χ0v) is 14.2. The van der Waals surface area contributed by atoms with Gasteiger partial charge in [-0.15, -0.1) is 0 Å². The van der Waals surface area contributed by atoms with E-state index in [1.165, 1.54) is 11.3 Å². The SMILES string of the molecule is Cc1ccc(Cl)cc1N1CCN(c2ncnc3cnccc23)CC1. The summed E-state index contributed by atoms with van der Waals surface area (Å²) in [6.45, 7) is 5.85. The molecule has 0 aliphatic carbocycles. The van der Waals surface area contributed by atoms with Crippen LogP contribution in [0.5, 0.6) is 0 Å². The number of rotatable bonds is 2. The minimum Gasteiger partial charge on any atom is -0.368 e. The van der Waals surface area contributed by atoms with E-state index >= 15 is 0 Å². The molecule has 0 unspecified atom stereocenters. The number of nitrogens with zero attached hydrogens (tertiary/aromatic N) is 5. The van der Waals surface area contributed by atoms with Crippen molar-refractivity contribution in [2.75, 3.05) is 36.0 Å². The van der Waals surface area contributed by atoms with Crippen molar-refractivity contribution in [1.82, 2.24) is 15.0 Å². The van der Waals surface area contributed by atoms with Gasteiger partial charge in [0.2, 0.25) is 0 Å². The smallest absolute Gasteiger partial charge is 0.140 e. The van der Waals surface area contributed by atoms with Crippen LogP contribution in [0.15, 0.2) is 43.0 Å². The van der Waals surface area contributed by atoms with Gasteiger partial charge in [0.25, 0.3) is 0 Å². The Morgan fingerprint density at radius 3 is 2.62 bits per heavy atom. The van der Waals surface area contributed by atoms with E-state index in [1.54, 1.807) is 18.7 Å². The van der Waals surface area contributed by atoms with Gasteiger partial charge >= 0.3 is 0 Å². The first kappa shape index (κ1) is 15.1. The number of halogens is 1. The molecule has 0 N–H and O–H groups in total. The van der Waals surface area contributed by atoms with Crippen molar-refractivity contribution in [1.29, 1.82) is 0 Å². The van der Waals surface area contributed by atoms with Gasteiger partial charge in [0, 0.05) is 48.5 Å². The van der Waals surface area contributed by atoms with Gasteiger partial charge in [-0.2, -0.15) is 0 Å². The second-order valence-corrected chi connectivity index (χ2v) is 6.43. The summed E-state index contributed by atoms with van der Waals surface area (Å²) in [6.07, 6.45) is 5.19. The molecule has 0 saturated carbocycles. The number of aryl methyl sites for hydroxylation is 1. The maximum atomic E-state index is 6.17. The van der Waals surface area contributed by atoms with Gasteiger partial charge in [0.15, 0.2) is 0 Å². The molecule has 0 atom stereocenters. The van der Waals surface area contributed by atoms with Crippen LogP contribution in [0, 0.1) is 6.92 Å². The monoisotopic (exact) mass is 339 g/mol. The lowest BCUT2D eigenvalue weighted by molar-refractivity contribution is 0.648. The third-order valence-electron chi connectivity index (χ3n) is 4.51. The molecule has 0 spiro atoms. The molecule has 6 heteroatoms. The number of hydrogen-bond acceptors (Lipinski definition) is 5. The number of pyridine rings is 1. The normalized spacial score (nSPS) is 15.1. The van der Waals surface area contributed by atoms with E-state index in [-0.39, 0.29) is 0 Å². The predicted octanol–water partition coefficient (Wildman–Crippen LogP) is 3.31. The fraction of sp³-hybridized carbons (Fsp3) is 0.278. The topological polar surface area (TPSA) is 45.2 Å². The molecule has 122 valence electrons. The van der Waals surface area contributed by atoms with Crippen LogP contribution in [-0.4, -0.2) is 41.1 Å². The molecule has 1 aromatic carbocycles. The lowest BCUT2D eigenvalue weighted by atomic mass is 10.1. The van der Waals surface area contributed by atoms with Crippen LogP contribution in [-0.2, 0) is 0 Å². The van der Waals surface area contributed by atoms with Crippen LogP contribution in [0.25, 0.3) is 10.9 Å². The standard InChI is InChI=1S/C18H18ClN5/c1-13-2-3-14(19)10-17(13)23-6-8-24(9-7-23)18-15-4-5-20-11-16(15)21-12-22-18/h2-5,10-12H,6-9H2,1H3. The molecule has 24 heavy (non-hydrogen) atoms. The number of piperazine rings is 1. The molecule has 1 aliphatic heterocycles. The average Bonchev–Trinajstić information content (AvgIpc) is 2.63. The molecule has 3 heterocycles. The van der Waals surface area contributed by atoms with Crippen molar-refractivity contribution >= 4 is 34.0 Å². The molecule has 5 nitrogen and oxygen atoms in total.